The average Bonchev–Trinajstić information content (AvgIpc) is 1.67. The molecule has 0 heterocycles. The van der Waals surface area contributed by atoms with Crippen molar-refractivity contribution >= 4 is 11.6 Å². The molecule has 0 aromatic rings. The molecule has 0 aliphatic carbocycles. The summed E-state index contributed by atoms with van der Waals surface area (Å²) in [6.45, 7) is 7.39. The second-order valence-electron chi connectivity index (χ2n) is 1.86. The van der Waals surface area contributed by atoms with Crippen molar-refractivity contribution in [1.29, 1.82) is 0 Å². The van der Waals surface area contributed by atoms with Crippen molar-refractivity contribution < 1.29 is 0 Å². The van der Waals surface area contributed by atoms with Gasteiger partial charge in [0.15, 0.2) is 0 Å². The minimum Gasteiger partial charge on any atom is -0.111 e. The first-order chi connectivity index (χ1) is 3.62. The van der Waals surface area contributed by atoms with Gasteiger partial charge in [-0.05, 0) is 13.8 Å². The highest BCUT2D eigenvalue weighted by Crippen LogP contribution is 2.15. The molecule has 46 valence electrons. The van der Waals surface area contributed by atoms with Crippen LogP contribution >= 0.6 is 11.6 Å². The van der Waals surface area contributed by atoms with Crippen molar-refractivity contribution in [2.75, 3.05) is 0 Å². The SMILES string of the molecule is C=CC(C)(Cl)C=CC. The molecule has 1 heteroatoms. The van der Waals surface area contributed by atoms with Gasteiger partial charge in [0.25, 0.3) is 0 Å². The van der Waals surface area contributed by atoms with Crippen molar-refractivity contribution in [1.82, 2.24) is 0 Å². The van der Waals surface area contributed by atoms with Gasteiger partial charge < -0.3 is 0 Å². The summed E-state index contributed by atoms with van der Waals surface area (Å²) in [6.07, 6.45) is 5.50. The minimum absolute atomic E-state index is 0.352. The summed E-state index contributed by atoms with van der Waals surface area (Å²) in [5.74, 6) is 0. The Morgan fingerprint density at radius 2 is 2.12 bits per heavy atom. The van der Waals surface area contributed by atoms with Crippen LogP contribution in [0.4, 0.5) is 0 Å². The predicted octanol–water partition coefficient (Wildman–Crippen LogP) is 2.75. The van der Waals surface area contributed by atoms with Crippen LogP contribution in [0.5, 0.6) is 0 Å². The number of rotatable bonds is 2. The van der Waals surface area contributed by atoms with E-state index in [9.17, 15) is 0 Å². The van der Waals surface area contributed by atoms with Crippen molar-refractivity contribution in [3.05, 3.63) is 24.8 Å². The Kier molecular flexibility index (Phi) is 2.85. The fourth-order valence-electron chi connectivity index (χ4n) is 0.394. The maximum absolute atomic E-state index is 5.82. The van der Waals surface area contributed by atoms with Gasteiger partial charge in [0.2, 0.25) is 0 Å². The number of hydrogen-bond donors (Lipinski definition) is 0. The van der Waals surface area contributed by atoms with Gasteiger partial charge in [-0.3, -0.25) is 0 Å². The van der Waals surface area contributed by atoms with Crippen molar-refractivity contribution in [2.24, 2.45) is 0 Å². The molecule has 0 aromatic heterocycles. The van der Waals surface area contributed by atoms with Gasteiger partial charge in [0.1, 0.15) is 0 Å². The van der Waals surface area contributed by atoms with E-state index in [1.807, 2.05) is 26.0 Å². The highest BCUT2D eigenvalue weighted by atomic mass is 35.5. The van der Waals surface area contributed by atoms with Gasteiger partial charge >= 0.3 is 0 Å². The fraction of sp³-hybridized carbons (Fsp3) is 0.429. The van der Waals surface area contributed by atoms with Crippen LogP contribution < -0.4 is 0 Å². The van der Waals surface area contributed by atoms with Crippen LogP contribution in [0.25, 0.3) is 0 Å². The molecule has 0 spiro atoms. The zero-order valence-electron chi connectivity index (χ0n) is 5.32. The Morgan fingerprint density at radius 1 is 1.62 bits per heavy atom. The lowest BCUT2D eigenvalue weighted by Gasteiger charge is -2.08. The molecular formula is C7H11Cl. The summed E-state index contributed by atoms with van der Waals surface area (Å²) in [7, 11) is 0. The molecule has 1 atom stereocenters. The number of allylic oxidation sites excluding steroid dienone is 3. The lowest BCUT2D eigenvalue weighted by Crippen LogP contribution is -2.05. The molecule has 0 nitrogen and oxygen atoms in total. The summed E-state index contributed by atoms with van der Waals surface area (Å²) in [4.78, 5) is -0.352. The van der Waals surface area contributed by atoms with Gasteiger partial charge in [-0.2, -0.15) is 0 Å². The standard InChI is InChI=1S/C7H11Cl/c1-4-6-7(3,8)5-2/h4-6H,2H2,1,3H3. The second-order valence-corrected chi connectivity index (χ2v) is 2.67. The topological polar surface area (TPSA) is 0 Å². The molecule has 0 saturated carbocycles. The molecular weight excluding hydrogens is 120 g/mol. The maximum atomic E-state index is 5.82. The van der Waals surface area contributed by atoms with Crippen LogP contribution in [0, 0.1) is 0 Å². The molecule has 0 N–H and O–H groups in total. The van der Waals surface area contributed by atoms with E-state index in [-0.39, 0.29) is 4.87 Å². The molecule has 0 aliphatic rings. The predicted molar refractivity (Wildman–Crippen MR) is 39.3 cm³/mol. The molecule has 1 unspecified atom stereocenters. The minimum atomic E-state index is -0.352. The molecule has 0 amide bonds. The van der Waals surface area contributed by atoms with Crippen molar-refractivity contribution in [3.63, 3.8) is 0 Å². The van der Waals surface area contributed by atoms with E-state index in [4.69, 9.17) is 11.6 Å². The molecule has 0 saturated heterocycles. The molecule has 8 heavy (non-hydrogen) atoms. The first kappa shape index (κ1) is 7.77. The van der Waals surface area contributed by atoms with Crippen LogP contribution in [-0.2, 0) is 0 Å². The summed E-state index contributed by atoms with van der Waals surface area (Å²) >= 11 is 5.82. The summed E-state index contributed by atoms with van der Waals surface area (Å²) in [5, 5.41) is 0. The number of halogens is 1. The van der Waals surface area contributed by atoms with Gasteiger partial charge in [-0.1, -0.05) is 18.2 Å². The third-order valence-electron chi connectivity index (χ3n) is 0.892. The van der Waals surface area contributed by atoms with E-state index < -0.39 is 0 Å². The van der Waals surface area contributed by atoms with E-state index in [2.05, 4.69) is 6.58 Å². The molecule has 0 radical (unpaired) electrons. The Balaban J connectivity index is 3.90. The smallest absolute Gasteiger partial charge is 0.0775 e. The lowest BCUT2D eigenvalue weighted by atomic mass is 10.1. The summed E-state index contributed by atoms with van der Waals surface area (Å²) in [6, 6.07) is 0. The maximum Gasteiger partial charge on any atom is 0.0775 e. The normalized spacial score (nSPS) is 18.4. The van der Waals surface area contributed by atoms with Crippen LogP contribution in [-0.4, -0.2) is 4.87 Å². The highest BCUT2D eigenvalue weighted by Gasteiger charge is 2.08. The molecule has 0 fully saturated rings. The zero-order valence-corrected chi connectivity index (χ0v) is 6.07. The van der Waals surface area contributed by atoms with E-state index in [1.165, 1.54) is 0 Å². The fourth-order valence-corrected chi connectivity index (χ4v) is 0.520. The summed E-state index contributed by atoms with van der Waals surface area (Å²) in [5.41, 5.74) is 0. The third-order valence-corrected chi connectivity index (χ3v) is 1.17. The Labute approximate surface area is 55.9 Å². The lowest BCUT2D eigenvalue weighted by molar-refractivity contribution is 0.992. The number of alkyl halides is 1. The van der Waals surface area contributed by atoms with Crippen LogP contribution in [0.3, 0.4) is 0 Å². The van der Waals surface area contributed by atoms with E-state index in [1.54, 1.807) is 6.08 Å². The Morgan fingerprint density at radius 3 is 2.25 bits per heavy atom. The Hall–Kier alpha value is -0.230. The quantitative estimate of drug-likeness (QED) is 0.398. The van der Waals surface area contributed by atoms with Gasteiger partial charge in [0, 0.05) is 0 Å². The third kappa shape index (κ3) is 2.86. The Bertz CT molecular complexity index is 101. The highest BCUT2D eigenvalue weighted by molar-refractivity contribution is 6.26. The molecule has 0 aromatic carbocycles. The second kappa shape index (κ2) is 2.93. The van der Waals surface area contributed by atoms with Crippen LogP contribution in [0.15, 0.2) is 24.8 Å². The van der Waals surface area contributed by atoms with E-state index >= 15 is 0 Å². The van der Waals surface area contributed by atoms with Crippen molar-refractivity contribution in [3.8, 4) is 0 Å². The zero-order chi connectivity index (χ0) is 6.62. The van der Waals surface area contributed by atoms with E-state index in [0.29, 0.717) is 0 Å². The largest absolute Gasteiger partial charge is 0.111 e. The van der Waals surface area contributed by atoms with Crippen LogP contribution in [0.1, 0.15) is 13.8 Å². The van der Waals surface area contributed by atoms with E-state index in [0.717, 1.165) is 0 Å². The van der Waals surface area contributed by atoms with Crippen LogP contribution in [0.2, 0.25) is 0 Å². The molecule has 0 bridgehead atoms. The average molecular weight is 131 g/mol. The first-order valence-electron chi connectivity index (χ1n) is 2.59. The first-order valence-corrected chi connectivity index (χ1v) is 2.96. The number of hydrogen-bond acceptors (Lipinski definition) is 0. The molecule has 0 aliphatic heterocycles. The van der Waals surface area contributed by atoms with Crippen molar-refractivity contribution in [2.45, 2.75) is 18.7 Å². The monoisotopic (exact) mass is 130 g/mol. The summed E-state index contributed by atoms with van der Waals surface area (Å²) < 4.78 is 0. The van der Waals surface area contributed by atoms with Gasteiger partial charge in [-0.25, -0.2) is 0 Å². The van der Waals surface area contributed by atoms with Gasteiger partial charge in [0.05, 0.1) is 4.87 Å². The molecule has 0 rings (SSSR count). The van der Waals surface area contributed by atoms with Gasteiger partial charge in [-0.15, -0.1) is 18.2 Å².